The molecule has 0 bridgehead atoms. The number of Topliss-reactive ketones (excluding diaryl/α,β-unsaturated/α-hetero) is 2. The molecule has 2 atom stereocenters. The Labute approximate surface area is 187 Å². The molecule has 0 amide bonds. The summed E-state index contributed by atoms with van der Waals surface area (Å²) in [4.78, 5) is 28.4. The Morgan fingerprint density at radius 3 is 2.56 bits per heavy atom. The predicted molar refractivity (Wildman–Crippen MR) is 119 cm³/mol. The minimum absolute atomic E-state index is 0.0610. The van der Waals surface area contributed by atoms with E-state index in [2.05, 4.69) is 15.9 Å². The summed E-state index contributed by atoms with van der Waals surface area (Å²) in [5, 5.41) is 10.5. The van der Waals surface area contributed by atoms with Crippen LogP contribution in [-0.4, -0.2) is 80.2 Å². The number of piperazine rings is 1. The minimum Gasteiger partial charge on any atom is -0.495 e. The average Bonchev–Trinajstić information content (AvgIpc) is 3.15. The first-order valence-electron chi connectivity index (χ1n) is 10.7. The first-order chi connectivity index (χ1) is 15.5. The van der Waals surface area contributed by atoms with Gasteiger partial charge in [0.05, 0.1) is 18.4 Å². The Hall–Kier alpha value is -3.10. The summed E-state index contributed by atoms with van der Waals surface area (Å²) in [5.74, 6) is 0.795. The van der Waals surface area contributed by atoms with E-state index in [0.29, 0.717) is 17.9 Å². The van der Waals surface area contributed by atoms with Gasteiger partial charge >= 0.3 is 0 Å². The van der Waals surface area contributed by atoms with Crippen molar-refractivity contribution in [3.05, 3.63) is 48.0 Å². The molecule has 170 valence electrons. The lowest BCUT2D eigenvalue weighted by Gasteiger charge is -2.37. The number of hydrogen-bond acceptors (Lipinski definition) is 8. The third-order valence-electron chi connectivity index (χ3n) is 5.79. The quantitative estimate of drug-likeness (QED) is 0.622. The highest BCUT2D eigenvalue weighted by molar-refractivity contribution is 6.16. The van der Waals surface area contributed by atoms with Crippen molar-refractivity contribution in [2.45, 2.75) is 19.1 Å². The lowest BCUT2D eigenvalue weighted by atomic mass is 10.1. The van der Waals surface area contributed by atoms with Crippen LogP contribution >= 0.6 is 0 Å². The van der Waals surface area contributed by atoms with Crippen LogP contribution in [0.1, 0.15) is 17.3 Å². The van der Waals surface area contributed by atoms with E-state index in [-0.39, 0.29) is 23.9 Å². The molecule has 8 heteroatoms. The summed E-state index contributed by atoms with van der Waals surface area (Å²) in [6.07, 6.45) is -1.82. The van der Waals surface area contributed by atoms with Gasteiger partial charge in [-0.1, -0.05) is 18.2 Å². The first-order valence-corrected chi connectivity index (χ1v) is 10.7. The van der Waals surface area contributed by atoms with Gasteiger partial charge in [-0.3, -0.25) is 14.5 Å². The van der Waals surface area contributed by atoms with Crippen LogP contribution < -0.4 is 19.1 Å². The third-order valence-corrected chi connectivity index (χ3v) is 5.79. The largest absolute Gasteiger partial charge is 0.495 e. The SMILES string of the molecule is COc1ccccc1N1CCN(CC(O)COc2cccc3c2OC(C(C)=O)C3=O)CC1. The molecule has 2 aliphatic heterocycles. The fraction of sp³-hybridized carbons (Fsp3) is 0.417. The van der Waals surface area contributed by atoms with Crippen LogP contribution in [0.25, 0.3) is 0 Å². The van der Waals surface area contributed by atoms with E-state index >= 15 is 0 Å². The number of aliphatic hydroxyl groups excluding tert-OH is 1. The Balaban J connectivity index is 1.29. The molecule has 32 heavy (non-hydrogen) atoms. The average molecular weight is 440 g/mol. The van der Waals surface area contributed by atoms with Crippen molar-refractivity contribution >= 4 is 17.3 Å². The molecule has 1 fully saturated rings. The van der Waals surface area contributed by atoms with Gasteiger partial charge in [-0.25, -0.2) is 0 Å². The number of aliphatic hydroxyl groups is 1. The number of ether oxygens (including phenoxy) is 3. The molecule has 2 aliphatic rings. The lowest BCUT2D eigenvalue weighted by Crippen LogP contribution is -2.49. The van der Waals surface area contributed by atoms with Gasteiger partial charge in [0.15, 0.2) is 17.3 Å². The molecule has 0 aliphatic carbocycles. The number of ketones is 2. The molecule has 2 unspecified atom stereocenters. The van der Waals surface area contributed by atoms with Crippen molar-refractivity contribution in [1.29, 1.82) is 0 Å². The fourth-order valence-corrected chi connectivity index (χ4v) is 4.12. The van der Waals surface area contributed by atoms with Crippen LogP contribution in [0.15, 0.2) is 42.5 Å². The third kappa shape index (κ3) is 4.56. The maximum Gasteiger partial charge on any atom is 0.219 e. The number of para-hydroxylation sites is 3. The normalized spacial score (nSPS) is 19.3. The minimum atomic E-state index is -1.11. The second kappa shape index (κ2) is 9.58. The van der Waals surface area contributed by atoms with Crippen molar-refractivity contribution in [2.75, 3.05) is 51.3 Å². The van der Waals surface area contributed by atoms with E-state index in [0.717, 1.165) is 37.6 Å². The molecule has 1 saturated heterocycles. The number of β-amino-alcohol motifs (C(OH)–C–C–N with tert-alkyl or cyclic N) is 1. The zero-order chi connectivity index (χ0) is 22.7. The van der Waals surface area contributed by atoms with E-state index in [1.54, 1.807) is 25.3 Å². The molecular formula is C24H28N2O6. The summed E-state index contributed by atoms with van der Waals surface area (Å²) in [5.41, 5.74) is 1.42. The van der Waals surface area contributed by atoms with Gasteiger partial charge in [0.2, 0.25) is 11.9 Å². The van der Waals surface area contributed by atoms with Crippen molar-refractivity contribution in [2.24, 2.45) is 0 Å². The lowest BCUT2D eigenvalue weighted by molar-refractivity contribution is -0.121. The number of nitrogens with zero attached hydrogens (tertiary/aromatic N) is 2. The first kappa shape index (κ1) is 22.1. The summed E-state index contributed by atoms with van der Waals surface area (Å²) >= 11 is 0. The standard InChI is InChI=1S/C24H28N2O6/c1-16(27)23-22(29)18-6-5-9-21(24(18)32-23)31-15-17(28)14-25-10-12-26(13-11-25)19-7-3-4-8-20(19)30-2/h3-9,17,23,28H,10-15H2,1-2H3. The van der Waals surface area contributed by atoms with E-state index < -0.39 is 12.2 Å². The van der Waals surface area contributed by atoms with Crippen molar-refractivity contribution < 1.29 is 28.9 Å². The summed E-state index contributed by atoms with van der Waals surface area (Å²) in [7, 11) is 1.68. The number of fused-ring (bicyclic) bond motifs is 1. The second-order valence-corrected chi connectivity index (χ2v) is 8.03. The second-order valence-electron chi connectivity index (χ2n) is 8.03. The fourth-order valence-electron chi connectivity index (χ4n) is 4.12. The van der Waals surface area contributed by atoms with Gasteiger partial charge in [-0.05, 0) is 31.2 Å². The molecule has 4 rings (SSSR count). The zero-order valence-electron chi connectivity index (χ0n) is 18.3. The Bertz CT molecular complexity index is 986. The summed E-state index contributed by atoms with van der Waals surface area (Å²) in [6, 6.07) is 12.9. The van der Waals surface area contributed by atoms with Crippen LogP contribution in [0.5, 0.6) is 17.2 Å². The van der Waals surface area contributed by atoms with Gasteiger partial charge in [0, 0.05) is 32.7 Å². The Morgan fingerprint density at radius 2 is 1.84 bits per heavy atom. The Morgan fingerprint density at radius 1 is 1.12 bits per heavy atom. The molecule has 2 heterocycles. The van der Waals surface area contributed by atoms with Crippen molar-refractivity contribution in [3.63, 3.8) is 0 Å². The highest BCUT2D eigenvalue weighted by Gasteiger charge is 2.37. The summed E-state index contributed by atoms with van der Waals surface area (Å²) < 4.78 is 16.8. The number of hydrogen-bond donors (Lipinski definition) is 1. The van der Waals surface area contributed by atoms with Crippen LogP contribution in [0.3, 0.4) is 0 Å². The molecule has 0 radical (unpaired) electrons. The number of carbonyl (C=O) groups is 2. The highest BCUT2D eigenvalue weighted by atomic mass is 16.5. The molecule has 0 aromatic heterocycles. The van der Waals surface area contributed by atoms with Crippen LogP contribution in [-0.2, 0) is 4.79 Å². The van der Waals surface area contributed by atoms with Gasteiger partial charge in [0.1, 0.15) is 18.5 Å². The van der Waals surface area contributed by atoms with Crippen LogP contribution in [0.2, 0.25) is 0 Å². The predicted octanol–water partition coefficient (Wildman–Crippen LogP) is 1.79. The number of methoxy groups -OCH3 is 1. The van der Waals surface area contributed by atoms with Crippen LogP contribution in [0.4, 0.5) is 5.69 Å². The number of anilines is 1. The zero-order valence-corrected chi connectivity index (χ0v) is 18.3. The topological polar surface area (TPSA) is 88.5 Å². The van der Waals surface area contributed by atoms with Gasteiger partial charge in [0.25, 0.3) is 0 Å². The van der Waals surface area contributed by atoms with Crippen LogP contribution in [0, 0.1) is 0 Å². The van der Waals surface area contributed by atoms with Crippen molar-refractivity contribution in [1.82, 2.24) is 4.90 Å². The number of carbonyl (C=O) groups excluding carboxylic acids is 2. The molecule has 2 aromatic rings. The molecule has 0 spiro atoms. The number of benzene rings is 2. The summed E-state index contributed by atoms with van der Waals surface area (Å²) in [6.45, 7) is 5.16. The molecule has 0 saturated carbocycles. The van der Waals surface area contributed by atoms with E-state index in [1.807, 2.05) is 18.2 Å². The number of rotatable bonds is 8. The van der Waals surface area contributed by atoms with E-state index in [9.17, 15) is 14.7 Å². The van der Waals surface area contributed by atoms with Gasteiger partial charge < -0.3 is 24.2 Å². The van der Waals surface area contributed by atoms with Gasteiger partial charge in [-0.15, -0.1) is 0 Å². The molecule has 1 N–H and O–H groups in total. The molecular weight excluding hydrogens is 412 g/mol. The monoisotopic (exact) mass is 440 g/mol. The molecule has 8 nitrogen and oxygen atoms in total. The smallest absolute Gasteiger partial charge is 0.219 e. The van der Waals surface area contributed by atoms with Crippen molar-refractivity contribution in [3.8, 4) is 17.2 Å². The maximum absolute atomic E-state index is 12.3. The van der Waals surface area contributed by atoms with E-state index in [1.165, 1.54) is 6.92 Å². The Kier molecular flexibility index (Phi) is 6.62. The highest BCUT2D eigenvalue weighted by Crippen LogP contribution is 2.38. The van der Waals surface area contributed by atoms with Gasteiger partial charge in [-0.2, -0.15) is 0 Å². The maximum atomic E-state index is 12.3. The van der Waals surface area contributed by atoms with E-state index in [4.69, 9.17) is 14.2 Å². The molecule has 2 aromatic carbocycles.